The molecular weight excluding hydrogens is 447 g/mol. The second kappa shape index (κ2) is 9.80. The van der Waals surface area contributed by atoms with Crippen molar-refractivity contribution in [3.8, 4) is 11.1 Å². The third kappa shape index (κ3) is 4.68. The molecule has 3 aliphatic rings. The number of rotatable bonds is 4. The molecule has 6 unspecified atom stereocenters. The second-order valence-corrected chi connectivity index (χ2v) is 9.84. The van der Waals surface area contributed by atoms with Gasteiger partial charge in [0.15, 0.2) is 0 Å². The molecule has 0 N–H and O–H groups in total. The largest absolute Gasteiger partial charge is 0.462 e. The van der Waals surface area contributed by atoms with Gasteiger partial charge in [-0.2, -0.15) is 0 Å². The Morgan fingerprint density at radius 3 is 2.89 bits per heavy atom. The maximum Gasteiger partial charge on any atom is 0.409 e. The number of hydrogen-bond acceptors (Lipinski definition) is 5. The number of carbonyl (C=O) groups is 2. The number of esters is 1. The van der Waals surface area contributed by atoms with Gasteiger partial charge >= 0.3 is 12.1 Å². The van der Waals surface area contributed by atoms with E-state index in [4.69, 9.17) is 9.47 Å². The number of benzene rings is 1. The smallest absolute Gasteiger partial charge is 0.409 e. The van der Waals surface area contributed by atoms with Crippen molar-refractivity contribution in [3.05, 3.63) is 60.2 Å². The van der Waals surface area contributed by atoms with Crippen molar-refractivity contribution in [3.63, 3.8) is 0 Å². The molecule has 3 fully saturated rings. The zero-order chi connectivity index (χ0) is 24.5. The third-order valence-corrected chi connectivity index (χ3v) is 7.86. The summed E-state index contributed by atoms with van der Waals surface area (Å²) < 4.78 is 24.5. The normalized spacial score (nSPS) is 30.0. The Labute approximate surface area is 205 Å². The monoisotopic (exact) mass is 478 g/mol. The van der Waals surface area contributed by atoms with Gasteiger partial charge in [-0.25, -0.2) is 9.18 Å². The first kappa shape index (κ1) is 23.5. The highest BCUT2D eigenvalue weighted by Crippen LogP contribution is 2.51. The summed E-state index contributed by atoms with van der Waals surface area (Å²) in [6.07, 6.45) is 7.18. The number of ether oxygens (including phenoxy) is 2. The number of nitrogens with zero attached hydrogens (tertiary/aromatic N) is 2. The van der Waals surface area contributed by atoms with Gasteiger partial charge in [-0.3, -0.25) is 9.78 Å². The maximum atomic E-state index is 13.6. The van der Waals surface area contributed by atoms with Gasteiger partial charge in [0.2, 0.25) is 0 Å². The van der Waals surface area contributed by atoms with Crippen LogP contribution in [0, 0.1) is 35.4 Å². The molecule has 2 saturated heterocycles. The summed E-state index contributed by atoms with van der Waals surface area (Å²) >= 11 is 0. The molecule has 7 heteroatoms. The lowest BCUT2D eigenvalue weighted by Crippen LogP contribution is -2.51. The fraction of sp³-hybridized carbons (Fsp3) is 0.464. The Balaban J connectivity index is 1.37. The van der Waals surface area contributed by atoms with E-state index in [-0.39, 0.29) is 47.7 Å². The molecule has 1 saturated carbocycles. The lowest BCUT2D eigenvalue weighted by atomic mass is 9.59. The van der Waals surface area contributed by atoms with E-state index in [1.165, 1.54) is 12.1 Å². The molecule has 6 nitrogen and oxygen atoms in total. The number of cyclic esters (lactones) is 1. The Bertz CT molecular complexity index is 1120. The number of piperidine rings is 1. The minimum Gasteiger partial charge on any atom is -0.462 e. The van der Waals surface area contributed by atoms with Gasteiger partial charge in [-0.05, 0) is 74.3 Å². The summed E-state index contributed by atoms with van der Waals surface area (Å²) in [4.78, 5) is 31.3. The van der Waals surface area contributed by atoms with Crippen molar-refractivity contribution in [2.24, 2.45) is 29.6 Å². The Morgan fingerprint density at radius 2 is 2.14 bits per heavy atom. The Morgan fingerprint density at radius 1 is 1.29 bits per heavy atom. The molecule has 2 aromatic rings. The summed E-state index contributed by atoms with van der Waals surface area (Å²) in [6.45, 7) is 5.42. The van der Waals surface area contributed by atoms with Gasteiger partial charge in [0.25, 0.3) is 0 Å². The predicted molar refractivity (Wildman–Crippen MR) is 129 cm³/mol. The van der Waals surface area contributed by atoms with Crippen molar-refractivity contribution in [2.45, 2.75) is 32.8 Å². The second-order valence-electron chi connectivity index (χ2n) is 9.84. The highest BCUT2D eigenvalue weighted by molar-refractivity contribution is 5.76. The lowest BCUT2D eigenvalue weighted by Gasteiger charge is -2.48. The molecule has 1 aliphatic carbocycles. The standard InChI is InChI=1S/C28H31FN2O4/c1-3-34-28(33)31-12-11-23-20(16-31)14-25-26(17(2)35-27(25)32)24(23)10-9-22-8-7-19(15-30-22)18-5-4-6-21(29)13-18/h4-10,13,15,17,20,23-26H,3,11-12,14,16H2,1-2H3. The van der Waals surface area contributed by atoms with E-state index in [1.807, 2.05) is 38.1 Å². The lowest BCUT2D eigenvalue weighted by molar-refractivity contribution is -0.144. The third-order valence-electron chi connectivity index (χ3n) is 7.86. The number of fused-ring (bicyclic) bond motifs is 2. The van der Waals surface area contributed by atoms with Crippen LogP contribution >= 0.6 is 0 Å². The van der Waals surface area contributed by atoms with Crippen molar-refractivity contribution in [1.82, 2.24) is 9.88 Å². The molecule has 0 bridgehead atoms. The summed E-state index contributed by atoms with van der Waals surface area (Å²) in [7, 11) is 0. The van der Waals surface area contributed by atoms with Crippen molar-refractivity contribution < 1.29 is 23.5 Å². The predicted octanol–water partition coefficient (Wildman–Crippen LogP) is 5.19. The topological polar surface area (TPSA) is 68.7 Å². The van der Waals surface area contributed by atoms with Gasteiger partial charge in [0.1, 0.15) is 11.9 Å². The van der Waals surface area contributed by atoms with Crippen LogP contribution in [-0.2, 0) is 14.3 Å². The minimum atomic E-state index is -0.274. The highest BCUT2D eigenvalue weighted by Gasteiger charge is 2.54. The van der Waals surface area contributed by atoms with Crippen LogP contribution in [0.15, 0.2) is 48.7 Å². The number of pyridine rings is 1. The van der Waals surface area contributed by atoms with Gasteiger partial charge in [-0.15, -0.1) is 0 Å². The average Bonchev–Trinajstić information content (AvgIpc) is 3.14. The van der Waals surface area contributed by atoms with Crippen LogP contribution < -0.4 is 0 Å². The average molecular weight is 479 g/mol. The van der Waals surface area contributed by atoms with Crippen LogP contribution in [0.2, 0.25) is 0 Å². The van der Waals surface area contributed by atoms with Gasteiger partial charge in [0.05, 0.1) is 18.2 Å². The molecule has 1 amide bonds. The van der Waals surface area contributed by atoms with E-state index in [2.05, 4.69) is 11.1 Å². The summed E-state index contributed by atoms with van der Waals surface area (Å²) in [5.41, 5.74) is 2.45. The summed E-state index contributed by atoms with van der Waals surface area (Å²) in [6, 6.07) is 10.3. The number of allylic oxidation sites excluding steroid dienone is 1. The van der Waals surface area contributed by atoms with E-state index >= 15 is 0 Å². The zero-order valence-electron chi connectivity index (χ0n) is 20.1. The van der Waals surface area contributed by atoms with Crippen LogP contribution in [0.25, 0.3) is 17.2 Å². The summed E-state index contributed by atoms with van der Waals surface area (Å²) in [5.74, 6) is 0.336. The first-order valence-corrected chi connectivity index (χ1v) is 12.5. The molecule has 35 heavy (non-hydrogen) atoms. The zero-order valence-corrected chi connectivity index (χ0v) is 20.1. The molecule has 0 radical (unpaired) electrons. The number of aromatic nitrogens is 1. The number of likely N-dealkylation sites (tertiary alicyclic amines) is 1. The van der Waals surface area contributed by atoms with Crippen molar-refractivity contribution in [1.29, 1.82) is 0 Å². The molecule has 2 aliphatic heterocycles. The van der Waals surface area contributed by atoms with E-state index in [9.17, 15) is 14.0 Å². The fourth-order valence-electron chi connectivity index (χ4n) is 6.29. The van der Waals surface area contributed by atoms with E-state index in [0.717, 1.165) is 29.7 Å². The van der Waals surface area contributed by atoms with Gasteiger partial charge in [-0.1, -0.05) is 24.3 Å². The number of hydrogen-bond donors (Lipinski definition) is 0. The van der Waals surface area contributed by atoms with Crippen molar-refractivity contribution >= 4 is 18.1 Å². The van der Waals surface area contributed by atoms with E-state index < -0.39 is 0 Å². The van der Waals surface area contributed by atoms with Crippen LogP contribution in [-0.4, -0.2) is 47.7 Å². The maximum absolute atomic E-state index is 13.6. The first-order chi connectivity index (χ1) is 16.9. The SMILES string of the molecule is CCOC(=O)N1CCC2C(CC3C(=O)OC(C)C3C2C=Cc2ccc(-c3cccc(F)c3)cn2)C1. The molecule has 0 spiro atoms. The molecule has 3 heterocycles. The number of halogens is 1. The molecule has 5 rings (SSSR count). The van der Waals surface area contributed by atoms with Crippen LogP contribution in [0.4, 0.5) is 9.18 Å². The minimum absolute atomic E-state index is 0.120. The quantitative estimate of drug-likeness (QED) is 0.566. The fourth-order valence-corrected chi connectivity index (χ4v) is 6.29. The molecule has 6 atom stereocenters. The van der Waals surface area contributed by atoms with E-state index in [0.29, 0.717) is 25.6 Å². The number of carbonyl (C=O) groups excluding carboxylic acids is 2. The van der Waals surface area contributed by atoms with E-state index in [1.54, 1.807) is 17.2 Å². The highest BCUT2D eigenvalue weighted by atomic mass is 19.1. The molecule has 184 valence electrons. The molecular formula is C28H31FN2O4. The van der Waals surface area contributed by atoms with Crippen LogP contribution in [0.5, 0.6) is 0 Å². The molecule has 1 aromatic heterocycles. The van der Waals surface area contributed by atoms with Gasteiger partial charge < -0.3 is 14.4 Å². The van der Waals surface area contributed by atoms with Crippen LogP contribution in [0.1, 0.15) is 32.4 Å². The summed E-state index contributed by atoms with van der Waals surface area (Å²) in [5, 5.41) is 0. The van der Waals surface area contributed by atoms with Crippen molar-refractivity contribution in [2.75, 3.05) is 19.7 Å². The Kier molecular flexibility index (Phi) is 6.58. The number of amides is 1. The Hall–Kier alpha value is -3.22. The first-order valence-electron chi connectivity index (χ1n) is 12.5. The van der Waals surface area contributed by atoms with Crippen LogP contribution in [0.3, 0.4) is 0 Å². The van der Waals surface area contributed by atoms with Gasteiger partial charge in [0, 0.05) is 30.8 Å². The molecule has 1 aromatic carbocycles.